The molecule has 1 aliphatic carbocycles. The maximum Gasteiger partial charge on any atom is 0.239 e. The molecule has 8 nitrogen and oxygen atoms in total. The van der Waals surface area contributed by atoms with Crippen LogP contribution in [0.1, 0.15) is 58.8 Å². The van der Waals surface area contributed by atoms with Crippen molar-refractivity contribution in [2.24, 2.45) is 10.9 Å². The van der Waals surface area contributed by atoms with Crippen LogP contribution in [-0.2, 0) is 9.59 Å². The van der Waals surface area contributed by atoms with Crippen LogP contribution < -0.4 is 10.6 Å². The molecule has 1 atom stereocenters. The zero-order valence-corrected chi connectivity index (χ0v) is 22.3. The fraction of sp³-hybridized carbons (Fsp3) is 0.870. The molecule has 1 unspecified atom stereocenters. The number of carbonyl (C=O) groups is 2. The molecule has 2 heterocycles. The molecule has 9 heteroatoms. The van der Waals surface area contributed by atoms with E-state index in [-0.39, 0.29) is 41.8 Å². The number of aliphatic imine (C=N–C) groups is 1. The fourth-order valence-corrected chi connectivity index (χ4v) is 5.01. The Bertz CT molecular complexity index is 612. The molecule has 0 spiro atoms. The van der Waals surface area contributed by atoms with Gasteiger partial charge in [0.05, 0.1) is 12.6 Å². The topological polar surface area (TPSA) is 80.3 Å². The van der Waals surface area contributed by atoms with Crippen molar-refractivity contribution in [3.63, 3.8) is 0 Å². The van der Waals surface area contributed by atoms with Crippen LogP contribution >= 0.6 is 24.0 Å². The molecule has 3 fully saturated rings. The largest absolute Gasteiger partial charge is 0.357 e. The van der Waals surface area contributed by atoms with Crippen LogP contribution in [0.15, 0.2) is 4.99 Å². The van der Waals surface area contributed by atoms with Crippen LogP contribution in [0.2, 0.25) is 0 Å². The number of hydrogen-bond donors (Lipinski definition) is 2. The number of halogens is 1. The lowest BCUT2D eigenvalue weighted by Crippen LogP contribution is -2.57. The van der Waals surface area contributed by atoms with Crippen LogP contribution in [0.3, 0.4) is 0 Å². The van der Waals surface area contributed by atoms with E-state index in [1.54, 1.807) is 0 Å². The number of amides is 2. The number of hydrogen-bond acceptors (Lipinski definition) is 4. The summed E-state index contributed by atoms with van der Waals surface area (Å²) in [5.41, 5.74) is 0. The van der Waals surface area contributed by atoms with E-state index in [0.717, 1.165) is 64.6 Å². The summed E-state index contributed by atoms with van der Waals surface area (Å²) in [6.07, 6.45) is 7.87. The van der Waals surface area contributed by atoms with Gasteiger partial charge in [0.15, 0.2) is 5.96 Å². The summed E-state index contributed by atoms with van der Waals surface area (Å²) in [6, 6.07) is -0.0464. The highest BCUT2D eigenvalue weighted by Gasteiger charge is 2.30. The molecule has 0 aromatic carbocycles. The van der Waals surface area contributed by atoms with Crippen molar-refractivity contribution in [3.05, 3.63) is 0 Å². The summed E-state index contributed by atoms with van der Waals surface area (Å²) in [5.74, 6) is 1.93. The Hall–Kier alpha value is -1.10. The Kier molecular flexibility index (Phi) is 12.1. The highest BCUT2D eigenvalue weighted by Crippen LogP contribution is 2.27. The van der Waals surface area contributed by atoms with Gasteiger partial charge in [0.2, 0.25) is 11.8 Å². The molecular weight excluding hydrogens is 519 g/mol. The number of nitrogens with one attached hydrogen (secondary N) is 2. The third-order valence-corrected chi connectivity index (χ3v) is 6.92. The van der Waals surface area contributed by atoms with Gasteiger partial charge >= 0.3 is 0 Å². The molecule has 2 aliphatic heterocycles. The van der Waals surface area contributed by atoms with E-state index >= 15 is 0 Å². The molecular formula is C23H43IN6O2. The summed E-state index contributed by atoms with van der Waals surface area (Å²) in [6.45, 7) is 11.4. The Morgan fingerprint density at radius 2 is 1.59 bits per heavy atom. The number of guanidine groups is 1. The van der Waals surface area contributed by atoms with Gasteiger partial charge in [0.1, 0.15) is 0 Å². The molecule has 0 bridgehead atoms. The summed E-state index contributed by atoms with van der Waals surface area (Å²) in [4.78, 5) is 36.1. The Morgan fingerprint density at radius 3 is 2.22 bits per heavy atom. The molecule has 2 saturated heterocycles. The molecule has 3 aliphatic rings. The maximum atomic E-state index is 12.7. The molecule has 3 rings (SSSR count). The van der Waals surface area contributed by atoms with Crippen molar-refractivity contribution >= 4 is 41.8 Å². The van der Waals surface area contributed by atoms with E-state index in [2.05, 4.69) is 27.4 Å². The van der Waals surface area contributed by atoms with Gasteiger partial charge in [-0.2, -0.15) is 0 Å². The Labute approximate surface area is 210 Å². The predicted molar refractivity (Wildman–Crippen MR) is 139 cm³/mol. The summed E-state index contributed by atoms with van der Waals surface area (Å²) in [7, 11) is 0. The number of rotatable bonds is 8. The molecule has 0 aromatic rings. The average molecular weight is 563 g/mol. The van der Waals surface area contributed by atoms with Crippen LogP contribution in [0, 0.1) is 5.92 Å². The van der Waals surface area contributed by atoms with Crippen molar-refractivity contribution in [2.75, 3.05) is 58.9 Å². The summed E-state index contributed by atoms with van der Waals surface area (Å²) in [5, 5.41) is 6.41. The van der Waals surface area contributed by atoms with Crippen molar-refractivity contribution in [1.82, 2.24) is 25.3 Å². The lowest BCUT2D eigenvalue weighted by molar-refractivity contribution is -0.135. The van der Waals surface area contributed by atoms with Gasteiger partial charge < -0.3 is 20.4 Å². The Morgan fingerprint density at radius 1 is 0.938 bits per heavy atom. The van der Waals surface area contributed by atoms with Gasteiger partial charge in [0.25, 0.3) is 0 Å². The van der Waals surface area contributed by atoms with E-state index in [4.69, 9.17) is 4.99 Å². The smallest absolute Gasteiger partial charge is 0.239 e. The monoisotopic (exact) mass is 562 g/mol. The van der Waals surface area contributed by atoms with Gasteiger partial charge in [-0.3, -0.25) is 19.5 Å². The quantitative estimate of drug-likeness (QED) is 0.205. The lowest BCUT2D eigenvalue weighted by atomic mass is 10.0. The first-order chi connectivity index (χ1) is 15.1. The summed E-state index contributed by atoms with van der Waals surface area (Å²) < 4.78 is 0. The number of nitrogens with zero attached hydrogens (tertiary/aromatic N) is 4. The third-order valence-electron chi connectivity index (χ3n) is 6.92. The van der Waals surface area contributed by atoms with Crippen molar-refractivity contribution < 1.29 is 9.59 Å². The van der Waals surface area contributed by atoms with Crippen LogP contribution in [-0.4, -0.2) is 97.4 Å². The maximum absolute atomic E-state index is 12.7. The molecule has 2 N–H and O–H groups in total. The molecule has 0 aromatic heterocycles. The van der Waals surface area contributed by atoms with Crippen molar-refractivity contribution in [3.8, 4) is 0 Å². The second-order valence-corrected chi connectivity index (χ2v) is 9.17. The molecule has 32 heavy (non-hydrogen) atoms. The number of carbonyl (C=O) groups excluding carboxylic acids is 2. The van der Waals surface area contributed by atoms with Crippen LogP contribution in [0.25, 0.3) is 0 Å². The van der Waals surface area contributed by atoms with Crippen LogP contribution in [0.5, 0.6) is 0 Å². The van der Waals surface area contributed by atoms with Gasteiger partial charge in [0, 0.05) is 58.8 Å². The first kappa shape index (κ1) is 27.1. The standard InChI is InChI=1S/C23H42N6O2.HI/c1-3-24-23(26-11-10-25-21(30)18-20-8-4-5-9-20)29-16-14-27(15-17-29)19(2)22(31)28-12-6-7-13-28;/h19-20H,3-18H2,1-2H3,(H,24,26)(H,25,30);1H. The Balaban J connectivity index is 0.00000363. The lowest BCUT2D eigenvalue weighted by Gasteiger charge is -2.39. The first-order valence-corrected chi connectivity index (χ1v) is 12.4. The number of likely N-dealkylation sites (tertiary alicyclic amines) is 1. The van der Waals surface area contributed by atoms with Gasteiger partial charge in [-0.05, 0) is 45.4 Å². The minimum absolute atomic E-state index is 0. The van der Waals surface area contributed by atoms with E-state index in [0.29, 0.717) is 25.4 Å². The van der Waals surface area contributed by atoms with Gasteiger partial charge in [-0.25, -0.2) is 0 Å². The predicted octanol–water partition coefficient (Wildman–Crippen LogP) is 1.89. The first-order valence-electron chi connectivity index (χ1n) is 12.4. The minimum atomic E-state index is -0.0464. The van der Waals surface area contributed by atoms with Crippen molar-refractivity contribution in [1.29, 1.82) is 0 Å². The normalized spacial score (nSPS) is 21.4. The zero-order valence-electron chi connectivity index (χ0n) is 20.0. The van der Waals surface area contributed by atoms with Crippen molar-refractivity contribution in [2.45, 2.75) is 64.8 Å². The van der Waals surface area contributed by atoms with E-state index in [1.165, 1.54) is 25.7 Å². The van der Waals surface area contributed by atoms with E-state index < -0.39 is 0 Å². The summed E-state index contributed by atoms with van der Waals surface area (Å²) >= 11 is 0. The number of piperazine rings is 1. The highest BCUT2D eigenvalue weighted by molar-refractivity contribution is 14.0. The second kappa shape index (κ2) is 14.2. The molecule has 1 saturated carbocycles. The van der Waals surface area contributed by atoms with Gasteiger partial charge in [-0.15, -0.1) is 24.0 Å². The third kappa shape index (κ3) is 8.04. The van der Waals surface area contributed by atoms with E-state index in [9.17, 15) is 9.59 Å². The molecule has 184 valence electrons. The van der Waals surface area contributed by atoms with E-state index in [1.807, 2.05) is 11.8 Å². The average Bonchev–Trinajstić information content (AvgIpc) is 3.49. The second-order valence-electron chi connectivity index (χ2n) is 9.17. The SMILES string of the molecule is CCNC(=NCCNC(=O)CC1CCCC1)N1CCN(C(C)C(=O)N2CCCC2)CC1.I. The highest BCUT2D eigenvalue weighted by atomic mass is 127. The van der Waals surface area contributed by atoms with Gasteiger partial charge in [-0.1, -0.05) is 12.8 Å². The zero-order chi connectivity index (χ0) is 22.1. The molecule has 0 radical (unpaired) electrons. The molecule has 2 amide bonds. The van der Waals surface area contributed by atoms with Crippen LogP contribution in [0.4, 0.5) is 0 Å². The fourth-order valence-electron chi connectivity index (χ4n) is 5.01. The minimum Gasteiger partial charge on any atom is -0.357 e.